The molecular weight excluding hydrogens is 238 g/mol. The molecule has 0 heterocycles. The summed E-state index contributed by atoms with van der Waals surface area (Å²) in [5, 5.41) is 9.64. The van der Waals surface area contributed by atoms with E-state index in [2.05, 4.69) is 0 Å². The average Bonchev–Trinajstić information content (AvgIpc) is 3.08. The molecule has 0 spiro atoms. The normalized spacial score (nSPS) is 17.1. The zero-order chi connectivity index (χ0) is 12.4. The summed E-state index contributed by atoms with van der Waals surface area (Å²) in [6.45, 7) is 2.13. The van der Waals surface area contributed by atoms with Gasteiger partial charge in [-0.15, -0.1) is 0 Å². The van der Waals surface area contributed by atoms with Gasteiger partial charge in [0.1, 0.15) is 0 Å². The molecule has 0 aliphatic heterocycles. The lowest BCUT2D eigenvalue weighted by Gasteiger charge is -2.27. The fourth-order valence-electron chi connectivity index (χ4n) is 2.10. The van der Waals surface area contributed by atoms with Crippen LogP contribution in [0.4, 0.5) is 0 Å². The molecule has 2 rings (SSSR count). The van der Waals surface area contributed by atoms with E-state index >= 15 is 0 Å². The Morgan fingerprint density at radius 2 is 2.29 bits per heavy atom. The number of aliphatic carboxylic acids is 1. The molecule has 1 N–H and O–H groups in total. The van der Waals surface area contributed by atoms with Gasteiger partial charge in [-0.3, -0.25) is 9.69 Å². The minimum absolute atomic E-state index is 0.0947. The van der Waals surface area contributed by atoms with Gasteiger partial charge < -0.3 is 5.11 Å². The Kier molecular flexibility index (Phi) is 3.69. The number of hydrogen-bond acceptors (Lipinski definition) is 2. The predicted octanol–water partition coefficient (Wildman–Crippen LogP) is 2.95. The van der Waals surface area contributed by atoms with Gasteiger partial charge in [0.05, 0.1) is 6.54 Å². The first-order valence-electron chi connectivity index (χ1n) is 5.81. The van der Waals surface area contributed by atoms with Crippen LogP contribution < -0.4 is 0 Å². The van der Waals surface area contributed by atoms with Gasteiger partial charge >= 0.3 is 5.97 Å². The molecule has 0 aromatic heterocycles. The van der Waals surface area contributed by atoms with Crippen molar-refractivity contribution < 1.29 is 9.90 Å². The third-order valence-corrected chi connectivity index (χ3v) is 3.40. The summed E-state index contributed by atoms with van der Waals surface area (Å²) >= 11 is 5.96. The number of benzene rings is 1. The average molecular weight is 254 g/mol. The summed E-state index contributed by atoms with van der Waals surface area (Å²) in [6.07, 6.45) is 2.19. The highest BCUT2D eigenvalue weighted by atomic mass is 35.5. The molecule has 0 saturated heterocycles. The molecule has 1 saturated carbocycles. The summed E-state index contributed by atoms with van der Waals surface area (Å²) in [5.74, 6) is -0.772. The van der Waals surface area contributed by atoms with E-state index in [1.165, 1.54) is 0 Å². The number of carboxylic acids is 1. The molecule has 3 nitrogen and oxygen atoms in total. The molecule has 1 unspecified atom stereocenters. The standard InChI is InChI=1S/C13H16ClNO2/c1-9(10-3-2-4-11(14)7-10)15(8-13(16)17)12-5-6-12/h2-4,7,9,12H,5-6,8H2,1H3,(H,16,17). The monoisotopic (exact) mass is 253 g/mol. The summed E-state index contributed by atoms with van der Waals surface area (Å²) in [6, 6.07) is 8.14. The molecule has 1 aromatic rings. The molecule has 17 heavy (non-hydrogen) atoms. The molecular formula is C13H16ClNO2. The van der Waals surface area contributed by atoms with E-state index in [9.17, 15) is 4.79 Å². The number of carbonyl (C=O) groups is 1. The van der Waals surface area contributed by atoms with Crippen molar-refractivity contribution in [3.05, 3.63) is 34.9 Å². The summed E-state index contributed by atoms with van der Waals surface area (Å²) in [7, 11) is 0. The first-order chi connectivity index (χ1) is 8.08. The van der Waals surface area contributed by atoms with Crippen LogP contribution in [0.2, 0.25) is 5.02 Å². The van der Waals surface area contributed by atoms with Crippen LogP contribution in [0, 0.1) is 0 Å². The quantitative estimate of drug-likeness (QED) is 0.877. The van der Waals surface area contributed by atoms with Gasteiger partial charge in [0, 0.05) is 17.1 Å². The first kappa shape index (κ1) is 12.4. The number of hydrogen-bond donors (Lipinski definition) is 1. The van der Waals surface area contributed by atoms with Crippen molar-refractivity contribution in [2.24, 2.45) is 0 Å². The van der Waals surface area contributed by atoms with Gasteiger partial charge in [-0.25, -0.2) is 0 Å². The first-order valence-corrected chi connectivity index (χ1v) is 6.18. The minimum atomic E-state index is -0.772. The Morgan fingerprint density at radius 3 is 2.82 bits per heavy atom. The fraction of sp³-hybridized carbons (Fsp3) is 0.462. The van der Waals surface area contributed by atoms with Gasteiger partial charge in [0.25, 0.3) is 0 Å². The molecule has 0 amide bonds. The van der Waals surface area contributed by atoms with E-state index in [-0.39, 0.29) is 12.6 Å². The van der Waals surface area contributed by atoms with Crippen LogP contribution in [-0.2, 0) is 4.79 Å². The molecule has 4 heteroatoms. The maximum absolute atomic E-state index is 10.9. The number of carboxylic acid groups (broad SMARTS) is 1. The zero-order valence-corrected chi connectivity index (χ0v) is 10.5. The predicted molar refractivity (Wildman–Crippen MR) is 67.2 cm³/mol. The SMILES string of the molecule is CC(c1cccc(Cl)c1)N(CC(=O)O)C1CC1. The molecule has 0 radical (unpaired) electrons. The molecule has 1 aliphatic carbocycles. The van der Waals surface area contributed by atoms with E-state index < -0.39 is 5.97 Å². The van der Waals surface area contributed by atoms with Crippen molar-refractivity contribution in [1.29, 1.82) is 0 Å². The van der Waals surface area contributed by atoms with Crippen molar-refractivity contribution in [3.63, 3.8) is 0 Å². The van der Waals surface area contributed by atoms with Gasteiger partial charge in [-0.2, -0.15) is 0 Å². The number of halogens is 1. The highest BCUT2D eigenvalue weighted by Crippen LogP contribution is 2.34. The van der Waals surface area contributed by atoms with Crippen LogP contribution in [0.15, 0.2) is 24.3 Å². The van der Waals surface area contributed by atoms with E-state index in [0.717, 1.165) is 18.4 Å². The molecule has 0 bridgehead atoms. The topological polar surface area (TPSA) is 40.5 Å². The highest BCUT2D eigenvalue weighted by molar-refractivity contribution is 6.30. The third kappa shape index (κ3) is 3.20. The third-order valence-electron chi connectivity index (χ3n) is 3.16. The van der Waals surface area contributed by atoms with Crippen LogP contribution in [0.1, 0.15) is 31.4 Å². The molecule has 1 atom stereocenters. The largest absolute Gasteiger partial charge is 0.480 e. The van der Waals surface area contributed by atoms with Gasteiger partial charge in [0.15, 0.2) is 0 Å². The van der Waals surface area contributed by atoms with Crippen LogP contribution in [0.3, 0.4) is 0 Å². The van der Waals surface area contributed by atoms with Gasteiger partial charge in [-0.05, 0) is 37.5 Å². The molecule has 1 aliphatic rings. The molecule has 1 aromatic carbocycles. The Hall–Kier alpha value is -1.06. The van der Waals surface area contributed by atoms with E-state index in [1.54, 1.807) is 0 Å². The van der Waals surface area contributed by atoms with Gasteiger partial charge in [-0.1, -0.05) is 23.7 Å². The van der Waals surface area contributed by atoms with Gasteiger partial charge in [0.2, 0.25) is 0 Å². The van der Waals surface area contributed by atoms with E-state index in [4.69, 9.17) is 16.7 Å². The summed E-state index contributed by atoms with van der Waals surface area (Å²) < 4.78 is 0. The Morgan fingerprint density at radius 1 is 1.59 bits per heavy atom. The lowest BCUT2D eigenvalue weighted by Crippen LogP contribution is -2.34. The maximum Gasteiger partial charge on any atom is 0.317 e. The zero-order valence-electron chi connectivity index (χ0n) is 9.77. The summed E-state index contributed by atoms with van der Waals surface area (Å²) in [4.78, 5) is 12.9. The van der Waals surface area contributed by atoms with Crippen molar-refractivity contribution in [2.45, 2.75) is 31.8 Å². The smallest absolute Gasteiger partial charge is 0.317 e. The second-order valence-corrected chi connectivity index (χ2v) is 4.96. The van der Waals surface area contributed by atoms with Crippen molar-refractivity contribution >= 4 is 17.6 Å². The molecule has 1 fully saturated rings. The van der Waals surface area contributed by atoms with E-state index in [1.807, 2.05) is 36.1 Å². The second-order valence-electron chi connectivity index (χ2n) is 4.53. The van der Waals surface area contributed by atoms with E-state index in [0.29, 0.717) is 11.1 Å². The van der Waals surface area contributed by atoms with Crippen LogP contribution in [0.25, 0.3) is 0 Å². The Labute approximate surface area is 106 Å². The van der Waals surface area contributed by atoms with Crippen molar-refractivity contribution in [1.82, 2.24) is 4.90 Å². The van der Waals surface area contributed by atoms with Crippen LogP contribution >= 0.6 is 11.6 Å². The Bertz CT molecular complexity index is 418. The van der Waals surface area contributed by atoms with Crippen molar-refractivity contribution in [3.8, 4) is 0 Å². The lowest BCUT2D eigenvalue weighted by molar-refractivity contribution is -0.139. The van der Waals surface area contributed by atoms with Crippen LogP contribution in [0.5, 0.6) is 0 Å². The van der Waals surface area contributed by atoms with Crippen LogP contribution in [-0.4, -0.2) is 28.6 Å². The highest BCUT2D eigenvalue weighted by Gasteiger charge is 2.33. The Balaban J connectivity index is 2.15. The maximum atomic E-state index is 10.9. The minimum Gasteiger partial charge on any atom is -0.480 e. The lowest BCUT2D eigenvalue weighted by atomic mass is 10.1. The summed E-state index contributed by atoms with van der Waals surface area (Å²) in [5.41, 5.74) is 1.07. The number of rotatable bonds is 5. The second kappa shape index (κ2) is 5.07. The fourth-order valence-corrected chi connectivity index (χ4v) is 2.30. The number of nitrogens with zero attached hydrogens (tertiary/aromatic N) is 1. The molecule has 92 valence electrons. The van der Waals surface area contributed by atoms with Crippen molar-refractivity contribution in [2.75, 3.05) is 6.54 Å².